The molecule has 0 saturated carbocycles. The van der Waals surface area contributed by atoms with Crippen LogP contribution in [0.25, 0.3) is 0 Å². The second-order valence-electron chi connectivity index (χ2n) is 4.02. The Morgan fingerprint density at radius 2 is 2.42 bits per heavy atom. The van der Waals surface area contributed by atoms with Crippen LogP contribution in [0.2, 0.25) is 0 Å². The molecule has 0 bridgehead atoms. The van der Waals surface area contributed by atoms with Gasteiger partial charge in [-0.05, 0) is 18.4 Å². The Kier molecular flexibility index (Phi) is 4.56. The number of hydrogen-bond donors (Lipinski definition) is 1. The standard InChI is InChI=1S/C11H16N2O4S2/c1-2-17-11(14)9-8-12-5-6-13(9)19(15,16)10-4-3-7-18-10/h3-4,7,9,12H,2,5-6,8H2,1H3. The SMILES string of the molecule is CCOC(=O)C1CNCCN1S(=O)(=O)c1cccs1. The Labute approximate surface area is 116 Å². The van der Waals surface area contributed by atoms with Crippen LogP contribution in [-0.2, 0) is 19.6 Å². The minimum absolute atomic E-state index is 0.238. The third-order valence-electron chi connectivity index (χ3n) is 2.81. The van der Waals surface area contributed by atoms with Crippen LogP contribution in [0.3, 0.4) is 0 Å². The predicted octanol–water partition coefficient (Wildman–Crippen LogP) is 0.274. The molecule has 0 aromatic carbocycles. The summed E-state index contributed by atoms with van der Waals surface area (Å²) in [5.74, 6) is -0.505. The van der Waals surface area contributed by atoms with E-state index in [9.17, 15) is 13.2 Å². The van der Waals surface area contributed by atoms with Gasteiger partial charge >= 0.3 is 5.97 Å². The number of hydrogen-bond acceptors (Lipinski definition) is 6. The maximum atomic E-state index is 12.5. The van der Waals surface area contributed by atoms with E-state index in [-0.39, 0.29) is 23.9 Å². The number of nitrogens with one attached hydrogen (secondary N) is 1. The maximum Gasteiger partial charge on any atom is 0.325 e. The summed E-state index contributed by atoms with van der Waals surface area (Å²) < 4.78 is 31.4. The molecule has 0 amide bonds. The Morgan fingerprint density at radius 1 is 1.63 bits per heavy atom. The normalized spacial score (nSPS) is 21.2. The van der Waals surface area contributed by atoms with Crippen molar-refractivity contribution in [1.82, 2.24) is 9.62 Å². The van der Waals surface area contributed by atoms with Crippen molar-refractivity contribution in [2.75, 3.05) is 26.2 Å². The highest BCUT2D eigenvalue weighted by molar-refractivity contribution is 7.91. The molecule has 0 spiro atoms. The largest absolute Gasteiger partial charge is 0.465 e. The Morgan fingerprint density at radius 3 is 3.05 bits per heavy atom. The van der Waals surface area contributed by atoms with Crippen LogP contribution in [-0.4, -0.2) is 51.0 Å². The third kappa shape index (κ3) is 2.97. The average molecular weight is 304 g/mol. The Balaban J connectivity index is 2.27. The molecule has 1 aromatic heterocycles. The zero-order valence-electron chi connectivity index (χ0n) is 10.5. The molecule has 1 fully saturated rings. The number of carbonyl (C=O) groups excluding carboxylic acids is 1. The van der Waals surface area contributed by atoms with Gasteiger partial charge in [0.25, 0.3) is 10.0 Å². The summed E-state index contributed by atoms with van der Waals surface area (Å²) in [6, 6.07) is 2.43. The van der Waals surface area contributed by atoms with Gasteiger partial charge in [0.2, 0.25) is 0 Å². The van der Waals surface area contributed by atoms with Gasteiger partial charge in [0.15, 0.2) is 0 Å². The number of esters is 1. The fraction of sp³-hybridized carbons (Fsp3) is 0.545. The molecule has 6 nitrogen and oxygen atoms in total. The lowest BCUT2D eigenvalue weighted by Gasteiger charge is -2.32. The minimum atomic E-state index is -3.62. The fourth-order valence-corrected chi connectivity index (χ4v) is 4.64. The van der Waals surface area contributed by atoms with Crippen molar-refractivity contribution >= 4 is 27.3 Å². The first kappa shape index (κ1) is 14.4. The van der Waals surface area contributed by atoms with Gasteiger partial charge in [-0.15, -0.1) is 11.3 Å². The molecule has 1 aromatic rings. The van der Waals surface area contributed by atoms with Crippen LogP contribution < -0.4 is 5.32 Å². The van der Waals surface area contributed by atoms with Gasteiger partial charge in [-0.2, -0.15) is 4.31 Å². The van der Waals surface area contributed by atoms with Crippen LogP contribution in [0.4, 0.5) is 0 Å². The highest BCUT2D eigenvalue weighted by Crippen LogP contribution is 2.23. The summed E-state index contributed by atoms with van der Waals surface area (Å²) in [6.07, 6.45) is 0. The lowest BCUT2D eigenvalue weighted by atomic mass is 10.2. The lowest BCUT2D eigenvalue weighted by molar-refractivity contribution is -0.148. The Hall–Kier alpha value is -0.960. The topological polar surface area (TPSA) is 75.7 Å². The van der Waals surface area contributed by atoms with Crippen molar-refractivity contribution < 1.29 is 17.9 Å². The number of sulfonamides is 1. The van der Waals surface area contributed by atoms with Gasteiger partial charge in [0, 0.05) is 19.6 Å². The number of piperazine rings is 1. The van der Waals surface area contributed by atoms with E-state index >= 15 is 0 Å². The first-order valence-electron chi connectivity index (χ1n) is 6.00. The molecule has 1 aliphatic heterocycles. The van der Waals surface area contributed by atoms with Crippen molar-refractivity contribution in [3.05, 3.63) is 17.5 Å². The van der Waals surface area contributed by atoms with E-state index in [1.807, 2.05) is 0 Å². The highest BCUT2D eigenvalue weighted by atomic mass is 32.2. The van der Waals surface area contributed by atoms with E-state index < -0.39 is 22.0 Å². The van der Waals surface area contributed by atoms with Crippen molar-refractivity contribution in [3.63, 3.8) is 0 Å². The fourth-order valence-electron chi connectivity index (χ4n) is 1.94. The number of carbonyl (C=O) groups is 1. The van der Waals surface area contributed by atoms with Gasteiger partial charge in [-0.3, -0.25) is 4.79 Å². The molecule has 1 atom stereocenters. The van der Waals surface area contributed by atoms with Crippen molar-refractivity contribution in [3.8, 4) is 0 Å². The monoisotopic (exact) mass is 304 g/mol. The van der Waals surface area contributed by atoms with Crippen LogP contribution in [0.15, 0.2) is 21.7 Å². The highest BCUT2D eigenvalue weighted by Gasteiger charge is 2.38. The summed E-state index contributed by atoms with van der Waals surface area (Å²) in [4.78, 5) is 11.9. The first-order chi connectivity index (χ1) is 9.07. The van der Waals surface area contributed by atoms with Crippen LogP contribution in [0, 0.1) is 0 Å². The summed E-state index contributed by atoms with van der Waals surface area (Å²) in [7, 11) is -3.62. The molecule has 2 heterocycles. The van der Waals surface area contributed by atoms with E-state index in [0.717, 1.165) is 11.3 Å². The third-order valence-corrected chi connectivity index (χ3v) is 6.09. The molecule has 106 valence electrons. The molecule has 2 rings (SSSR count). The van der Waals surface area contributed by atoms with Crippen molar-refractivity contribution in [2.45, 2.75) is 17.2 Å². The molecule has 19 heavy (non-hydrogen) atoms. The molecule has 0 radical (unpaired) electrons. The zero-order valence-corrected chi connectivity index (χ0v) is 12.2. The number of ether oxygens (including phenoxy) is 1. The minimum Gasteiger partial charge on any atom is -0.465 e. The summed E-state index contributed by atoms with van der Waals surface area (Å²) in [5, 5.41) is 4.72. The van der Waals surface area contributed by atoms with Crippen LogP contribution >= 0.6 is 11.3 Å². The summed E-state index contributed by atoms with van der Waals surface area (Å²) in [6.45, 7) is 3.02. The Bertz CT molecular complexity index is 527. The van der Waals surface area contributed by atoms with Gasteiger partial charge in [0.05, 0.1) is 6.61 Å². The van der Waals surface area contributed by atoms with E-state index in [1.165, 1.54) is 4.31 Å². The molecule has 1 N–H and O–H groups in total. The summed E-state index contributed by atoms with van der Waals surface area (Å²) in [5.41, 5.74) is 0. The zero-order chi connectivity index (χ0) is 13.9. The quantitative estimate of drug-likeness (QED) is 0.808. The average Bonchev–Trinajstić information content (AvgIpc) is 2.93. The predicted molar refractivity (Wildman–Crippen MR) is 71.5 cm³/mol. The number of rotatable bonds is 4. The van der Waals surface area contributed by atoms with Gasteiger partial charge in [0.1, 0.15) is 10.3 Å². The van der Waals surface area contributed by atoms with Crippen molar-refractivity contribution in [2.24, 2.45) is 0 Å². The van der Waals surface area contributed by atoms with E-state index in [0.29, 0.717) is 6.54 Å². The van der Waals surface area contributed by atoms with Crippen molar-refractivity contribution in [1.29, 1.82) is 0 Å². The number of nitrogens with zero attached hydrogens (tertiary/aromatic N) is 1. The number of thiophene rings is 1. The lowest BCUT2D eigenvalue weighted by Crippen LogP contribution is -2.57. The van der Waals surface area contributed by atoms with Crippen LogP contribution in [0.1, 0.15) is 6.92 Å². The second kappa shape index (κ2) is 6.00. The van der Waals surface area contributed by atoms with Crippen LogP contribution in [0.5, 0.6) is 0 Å². The molecular formula is C11H16N2O4S2. The second-order valence-corrected chi connectivity index (χ2v) is 7.08. The van der Waals surface area contributed by atoms with E-state index in [2.05, 4.69) is 5.32 Å². The summed E-state index contributed by atoms with van der Waals surface area (Å²) >= 11 is 1.15. The van der Waals surface area contributed by atoms with E-state index in [4.69, 9.17) is 4.74 Å². The molecule has 1 saturated heterocycles. The molecule has 1 unspecified atom stereocenters. The maximum absolute atomic E-state index is 12.5. The van der Waals surface area contributed by atoms with Gasteiger partial charge in [-0.25, -0.2) is 8.42 Å². The van der Waals surface area contributed by atoms with Gasteiger partial charge in [-0.1, -0.05) is 6.07 Å². The molecular weight excluding hydrogens is 288 g/mol. The molecule has 0 aliphatic carbocycles. The smallest absolute Gasteiger partial charge is 0.325 e. The molecule has 8 heteroatoms. The first-order valence-corrected chi connectivity index (χ1v) is 8.32. The van der Waals surface area contributed by atoms with Gasteiger partial charge < -0.3 is 10.1 Å². The van der Waals surface area contributed by atoms with E-state index in [1.54, 1.807) is 24.4 Å². The molecule has 1 aliphatic rings.